The van der Waals surface area contributed by atoms with Crippen molar-refractivity contribution in [1.29, 1.82) is 0 Å². The van der Waals surface area contributed by atoms with E-state index in [0.717, 1.165) is 13.0 Å². The van der Waals surface area contributed by atoms with Gasteiger partial charge in [0.2, 0.25) is 0 Å². The summed E-state index contributed by atoms with van der Waals surface area (Å²) < 4.78 is 4.98. The van der Waals surface area contributed by atoms with Crippen molar-refractivity contribution in [2.45, 2.75) is 52.7 Å². The van der Waals surface area contributed by atoms with Gasteiger partial charge in [0, 0.05) is 38.5 Å². The summed E-state index contributed by atoms with van der Waals surface area (Å²) in [5, 5.41) is 13.3. The maximum Gasteiger partial charge on any atom is 0.0897 e. The van der Waals surface area contributed by atoms with Crippen LogP contribution >= 0.6 is 0 Å². The van der Waals surface area contributed by atoms with E-state index in [1.165, 1.54) is 22.4 Å². The molecule has 2 N–H and O–H groups in total. The quantitative estimate of drug-likeness (QED) is 0.734. The van der Waals surface area contributed by atoms with Crippen molar-refractivity contribution in [3.8, 4) is 0 Å². The van der Waals surface area contributed by atoms with Crippen LogP contribution in [0.25, 0.3) is 0 Å². The molecule has 0 radical (unpaired) electrons. The summed E-state index contributed by atoms with van der Waals surface area (Å²) in [7, 11) is 3.73. The van der Waals surface area contributed by atoms with E-state index in [-0.39, 0.29) is 5.54 Å². The monoisotopic (exact) mass is 322 g/mol. The average molecular weight is 322 g/mol. The molecule has 23 heavy (non-hydrogen) atoms. The van der Waals surface area contributed by atoms with Crippen molar-refractivity contribution in [3.63, 3.8) is 0 Å². The van der Waals surface area contributed by atoms with Gasteiger partial charge in [-0.3, -0.25) is 0 Å². The number of anilines is 1. The lowest BCUT2D eigenvalue weighted by molar-refractivity contribution is 0.0598. The number of benzene rings is 1. The maximum absolute atomic E-state index is 9.82. The van der Waals surface area contributed by atoms with E-state index < -0.39 is 6.10 Å². The van der Waals surface area contributed by atoms with Gasteiger partial charge in [0.25, 0.3) is 0 Å². The molecule has 132 valence electrons. The minimum Gasteiger partial charge on any atom is -0.389 e. The molecule has 1 unspecified atom stereocenters. The van der Waals surface area contributed by atoms with Gasteiger partial charge in [0.15, 0.2) is 0 Å². The summed E-state index contributed by atoms with van der Waals surface area (Å²) in [6, 6.07) is 4.53. The lowest BCUT2D eigenvalue weighted by Gasteiger charge is -2.30. The smallest absolute Gasteiger partial charge is 0.0897 e. The molecular weight excluding hydrogens is 288 g/mol. The Bertz CT molecular complexity index is 477. The highest BCUT2D eigenvalue weighted by Crippen LogP contribution is 2.25. The molecule has 1 atom stereocenters. The first-order valence-electron chi connectivity index (χ1n) is 8.43. The third kappa shape index (κ3) is 6.13. The fourth-order valence-electron chi connectivity index (χ4n) is 2.80. The number of nitrogens with zero attached hydrogens (tertiary/aromatic N) is 1. The number of ether oxygens (including phenoxy) is 1. The number of aliphatic hydroxyl groups excluding tert-OH is 1. The van der Waals surface area contributed by atoms with Gasteiger partial charge in [0.1, 0.15) is 0 Å². The predicted octanol–water partition coefficient (Wildman–Crippen LogP) is 2.68. The van der Waals surface area contributed by atoms with Crippen LogP contribution in [0.15, 0.2) is 12.1 Å². The van der Waals surface area contributed by atoms with E-state index in [0.29, 0.717) is 13.2 Å². The fraction of sp³-hybridized carbons (Fsp3) is 0.684. The molecule has 1 rings (SSSR count). The minimum absolute atomic E-state index is 0.0809. The number of hydrogen-bond acceptors (Lipinski definition) is 4. The summed E-state index contributed by atoms with van der Waals surface area (Å²) in [5.74, 6) is 0. The van der Waals surface area contributed by atoms with E-state index in [1.54, 1.807) is 7.11 Å². The fourth-order valence-corrected chi connectivity index (χ4v) is 2.80. The molecule has 4 nitrogen and oxygen atoms in total. The van der Waals surface area contributed by atoms with Crippen LogP contribution in [0, 0.1) is 13.8 Å². The topological polar surface area (TPSA) is 44.7 Å². The molecule has 0 aliphatic heterocycles. The molecule has 0 bridgehead atoms. The summed E-state index contributed by atoms with van der Waals surface area (Å²) in [4.78, 5) is 2.26. The number of aryl methyl sites for hydroxylation is 2. The predicted molar refractivity (Wildman–Crippen MR) is 98.5 cm³/mol. The van der Waals surface area contributed by atoms with Gasteiger partial charge in [-0.2, -0.15) is 0 Å². The highest BCUT2D eigenvalue weighted by Gasteiger charge is 2.21. The Morgan fingerprint density at radius 3 is 2.30 bits per heavy atom. The van der Waals surface area contributed by atoms with Crippen LogP contribution in [0.2, 0.25) is 0 Å². The first-order chi connectivity index (χ1) is 10.7. The van der Waals surface area contributed by atoms with Gasteiger partial charge < -0.3 is 20.1 Å². The lowest BCUT2D eigenvalue weighted by atomic mass is 9.89. The first-order valence-corrected chi connectivity index (χ1v) is 8.43. The average Bonchev–Trinajstić information content (AvgIpc) is 2.48. The summed E-state index contributed by atoms with van der Waals surface area (Å²) in [5.41, 5.74) is 5.23. The molecule has 0 spiro atoms. The molecule has 0 amide bonds. The molecular formula is C19H34N2O2. The Morgan fingerprint density at radius 2 is 1.83 bits per heavy atom. The molecule has 0 saturated heterocycles. The van der Waals surface area contributed by atoms with Crippen molar-refractivity contribution in [1.82, 2.24) is 5.32 Å². The number of β-amino-alcohol motifs (C(OH)–C–C–N with tert-alkyl or cyclic N) is 1. The molecule has 4 heteroatoms. The van der Waals surface area contributed by atoms with Crippen LogP contribution in [0.5, 0.6) is 0 Å². The van der Waals surface area contributed by atoms with Crippen LogP contribution < -0.4 is 10.2 Å². The van der Waals surface area contributed by atoms with E-state index in [9.17, 15) is 5.11 Å². The Balaban J connectivity index is 2.82. The van der Waals surface area contributed by atoms with Crippen molar-refractivity contribution >= 4 is 5.69 Å². The van der Waals surface area contributed by atoms with E-state index in [1.807, 2.05) is 0 Å². The largest absolute Gasteiger partial charge is 0.389 e. The third-order valence-electron chi connectivity index (χ3n) is 4.39. The minimum atomic E-state index is -0.470. The van der Waals surface area contributed by atoms with E-state index in [2.05, 4.69) is 64.0 Å². The third-order valence-corrected chi connectivity index (χ3v) is 4.39. The van der Waals surface area contributed by atoms with Gasteiger partial charge >= 0.3 is 0 Å². The zero-order chi connectivity index (χ0) is 17.6. The molecule has 0 fully saturated rings. The Hall–Kier alpha value is -1.10. The van der Waals surface area contributed by atoms with Crippen LogP contribution in [0.1, 0.15) is 37.5 Å². The molecule has 1 aromatic rings. The van der Waals surface area contributed by atoms with Crippen LogP contribution in [-0.2, 0) is 11.2 Å². The van der Waals surface area contributed by atoms with Crippen molar-refractivity contribution in [3.05, 3.63) is 28.8 Å². The van der Waals surface area contributed by atoms with Crippen LogP contribution in [0.3, 0.4) is 0 Å². The summed E-state index contributed by atoms with van der Waals surface area (Å²) >= 11 is 0. The second kappa shape index (κ2) is 8.67. The highest BCUT2D eigenvalue weighted by molar-refractivity contribution is 5.54. The van der Waals surface area contributed by atoms with Gasteiger partial charge in [-0.15, -0.1) is 0 Å². The molecule has 0 aliphatic rings. The number of hydrogen-bond donors (Lipinski definition) is 2. The molecule has 0 aromatic heterocycles. The maximum atomic E-state index is 9.82. The van der Waals surface area contributed by atoms with Gasteiger partial charge in [0.05, 0.1) is 12.7 Å². The van der Waals surface area contributed by atoms with Crippen molar-refractivity contribution < 1.29 is 9.84 Å². The van der Waals surface area contributed by atoms with Crippen molar-refractivity contribution in [2.24, 2.45) is 0 Å². The Kier molecular flexibility index (Phi) is 7.52. The lowest BCUT2D eigenvalue weighted by Crippen LogP contribution is -2.46. The number of aliphatic hydroxyl groups is 1. The Labute approximate surface area is 141 Å². The standard InChI is InChI=1S/C19H34N2O2/c1-8-21(6)16-9-14(2)18(15(3)10-16)11-19(4,5)20-12-17(22)13-23-7/h9-10,17,20,22H,8,11-13H2,1-7H3. The normalized spacial score (nSPS) is 13.2. The van der Waals surface area contributed by atoms with E-state index in [4.69, 9.17) is 4.74 Å². The van der Waals surface area contributed by atoms with Gasteiger partial charge in [-0.25, -0.2) is 0 Å². The van der Waals surface area contributed by atoms with E-state index >= 15 is 0 Å². The zero-order valence-electron chi connectivity index (χ0n) is 15.9. The number of rotatable bonds is 9. The van der Waals surface area contributed by atoms with Gasteiger partial charge in [-0.1, -0.05) is 0 Å². The van der Waals surface area contributed by atoms with Gasteiger partial charge in [-0.05, 0) is 69.9 Å². The summed E-state index contributed by atoms with van der Waals surface area (Å²) in [6.07, 6.45) is 0.461. The summed E-state index contributed by atoms with van der Waals surface area (Å²) in [6.45, 7) is 12.8. The molecule has 1 aromatic carbocycles. The van der Waals surface area contributed by atoms with Crippen LogP contribution in [-0.4, -0.2) is 50.6 Å². The second-order valence-electron chi connectivity index (χ2n) is 7.12. The Morgan fingerprint density at radius 1 is 1.26 bits per heavy atom. The number of nitrogens with one attached hydrogen (secondary N) is 1. The SMILES string of the molecule is CCN(C)c1cc(C)c(CC(C)(C)NCC(O)COC)c(C)c1. The molecule has 0 heterocycles. The number of methoxy groups -OCH3 is 1. The first kappa shape index (κ1) is 19.9. The molecule has 0 aliphatic carbocycles. The highest BCUT2D eigenvalue weighted by atomic mass is 16.5. The second-order valence-corrected chi connectivity index (χ2v) is 7.12. The molecule has 0 saturated carbocycles. The van der Waals surface area contributed by atoms with Crippen LogP contribution in [0.4, 0.5) is 5.69 Å². The zero-order valence-corrected chi connectivity index (χ0v) is 15.9. The van der Waals surface area contributed by atoms with Crippen molar-refractivity contribution in [2.75, 3.05) is 38.8 Å².